The number of aryl methyl sites for hydroxylation is 1. The Morgan fingerprint density at radius 3 is 2.93 bits per heavy atom. The average molecular weight is 418 g/mol. The molecule has 4 heterocycles. The monoisotopic (exact) mass is 418 g/mol. The van der Waals surface area contributed by atoms with E-state index in [4.69, 9.17) is 0 Å². The number of rotatable bonds is 5. The summed E-state index contributed by atoms with van der Waals surface area (Å²) in [5.74, 6) is -2.04. The number of thioether (sulfide) groups is 1. The molecule has 2 aliphatic rings. The van der Waals surface area contributed by atoms with Gasteiger partial charge in [-0.15, -0.1) is 11.8 Å². The standard InChI is InChI=1S/C17H18N6O5S/c1-3-8-6-19-23-11(25)4-9(20-14(8)23)15(26)21-18-7-17(2)13(16(27)28)22-10(24)5-12(22)29-17/h4,6-7,12-13,19H,3,5H2,1-2H3,(H,21,26)(H,27,28)/b18-7+/t12-,13+,17+/m1/s1. The first-order valence-corrected chi connectivity index (χ1v) is 9.79. The average Bonchev–Trinajstić information content (AvgIpc) is 3.18. The summed E-state index contributed by atoms with van der Waals surface area (Å²) in [4.78, 5) is 53.5. The van der Waals surface area contributed by atoms with Crippen molar-refractivity contribution in [3.05, 3.63) is 33.9 Å². The zero-order chi connectivity index (χ0) is 20.9. The van der Waals surface area contributed by atoms with Gasteiger partial charge in [-0.05, 0) is 13.3 Å². The summed E-state index contributed by atoms with van der Waals surface area (Å²) in [7, 11) is 0. The Hall–Kier alpha value is -3.15. The number of fused-ring (bicyclic) bond motifs is 2. The number of carbonyl (C=O) groups is 3. The van der Waals surface area contributed by atoms with Gasteiger partial charge < -0.3 is 10.0 Å². The molecule has 0 saturated carbocycles. The molecule has 2 fully saturated rings. The highest BCUT2D eigenvalue weighted by molar-refractivity contribution is 8.02. The number of amides is 2. The van der Waals surface area contributed by atoms with E-state index in [0.29, 0.717) is 12.1 Å². The van der Waals surface area contributed by atoms with E-state index < -0.39 is 28.2 Å². The Morgan fingerprint density at radius 1 is 1.52 bits per heavy atom. The van der Waals surface area contributed by atoms with Gasteiger partial charge >= 0.3 is 5.97 Å². The van der Waals surface area contributed by atoms with Crippen LogP contribution >= 0.6 is 11.8 Å². The van der Waals surface area contributed by atoms with E-state index in [-0.39, 0.29) is 23.4 Å². The number of aromatic amines is 1. The number of hydrogen-bond donors (Lipinski definition) is 3. The van der Waals surface area contributed by atoms with Gasteiger partial charge in [-0.3, -0.25) is 19.5 Å². The molecule has 152 valence electrons. The van der Waals surface area contributed by atoms with Crippen LogP contribution in [0.3, 0.4) is 0 Å². The molecule has 2 amide bonds. The second-order valence-corrected chi connectivity index (χ2v) is 8.65. The number of hydrogen-bond acceptors (Lipinski definition) is 7. The lowest BCUT2D eigenvalue weighted by Crippen LogP contribution is -2.57. The minimum Gasteiger partial charge on any atom is -0.480 e. The summed E-state index contributed by atoms with van der Waals surface area (Å²) >= 11 is 1.31. The molecule has 2 saturated heterocycles. The summed E-state index contributed by atoms with van der Waals surface area (Å²) in [5.41, 5.74) is 2.91. The van der Waals surface area contributed by atoms with Crippen LogP contribution in [0.4, 0.5) is 0 Å². The van der Waals surface area contributed by atoms with E-state index in [0.717, 1.165) is 11.6 Å². The van der Waals surface area contributed by atoms with Gasteiger partial charge in [0.05, 0.1) is 16.5 Å². The molecule has 0 spiro atoms. The van der Waals surface area contributed by atoms with E-state index >= 15 is 0 Å². The van der Waals surface area contributed by atoms with E-state index in [1.165, 1.54) is 27.4 Å². The second kappa shape index (κ2) is 6.72. The number of aliphatic carboxylic acids is 1. The van der Waals surface area contributed by atoms with Gasteiger partial charge in [-0.1, -0.05) is 6.92 Å². The van der Waals surface area contributed by atoms with Crippen LogP contribution < -0.4 is 11.0 Å². The maximum Gasteiger partial charge on any atom is 0.328 e. The quantitative estimate of drug-likeness (QED) is 0.346. The fourth-order valence-electron chi connectivity index (χ4n) is 3.59. The SMILES string of the molecule is CCc1c[nH]n2c(=O)cc(C(=O)N/N=C/[C@]3(C)S[C@@H]4CC(=O)N4[C@H]3C(=O)O)nc12. The summed E-state index contributed by atoms with van der Waals surface area (Å²) < 4.78 is 0.247. The zero-order valence-corrected chi connectivity index (χ0v) is 16.4. The number of hydrazone groups is 1. The lowest BCUT2D eigenvalue weighted by atomic mass is 9.97. The first-order valence-electron chi connectivity index (χ1n) is 8.91. The highest BCUT2D eigenvalue weighted by Gasteiger charge is 2.60. The molecule has 4 rings (SSSR count). The van der Waals surface area contributed by atoms with E-state index in [1.54, 1.807) is 13.1 Å². The molecule has 11 nitrogen and oxygen atoms in total. The zero-order valence-electron chi connectivity index (χ0n) is 15.6. The lowest BCUT2D eigenvalue weighted by Gasteiger charge is -2.36. The first-order chi connectivity index (χ1) is 13.7. The maximum atomic E-state index is 12.4. The fourth-order valence-corrected chi connectivity index (χ4v) is 5.21. The number of nitrogens with zero attached hydrogens (tertiary/aromatic N) is 4. The Balaban J connectivity index is 1.54. The molecule has 0 unspecified atom stereocenters. The van der Waals surface area contributed by atoms with Crippen molar-refractivity contribution in [2.75, 3.05) is 0 Å². The molecule has 0 bridgehead atoms. The largest absolute Gasteiger partial charge is 0.480 e. The molecule has 2 aliphatic heterocycles. The molecular formula is C17H18N6O5S. The van der Waals surface area contributed by atoms with Gasteiger partial charge in [0.15, 0.2) is 5.65 Å². The highest BCUT2D eigenvalue weighted by atomic mass is 32.2. The predicted molar refractivity (Wildman–Crippen MR) is 104 cm³/mol. The Morgan fingerprint density at radius 2 is 2.28 bits per heavy atom. The molecule has 2 aromatic heterocycles. The van der Waals surface area contributed by atoms with E-state index in [2.05, 4.69) is 20.6 Å². The topological polar surface area (TPSA) is 149 Å². The van der Waals surface area contributed by atoms with Gasteiger partial charge in [-0.2, -0.15) is 5.10 Å². The molecular weight excluding hydrogens is 400 g/mol. The summed E-state index contributed by atoms with van der Waals surface area (Å²) in [6, 6.07) is 0.0234. The van der Waals surface area contributed by atoms with Crippen molar-refractivity contribution in [2.24, 2.45) is 5.10 Å². The summed E-state index contributed by atoms with van der Waals surface area (Å²) in [6.07, 6.45) is 3.89. The molecule has 3 atom stereocenters. The third kappa shape index (κ3) is 2.99. The van der Waals surface area contributed by atoms with Crippen LogP contribution in [0.25, 0.3) is 5.65 Å². The predicted octanol–water partition coefficient (Wildman–Crippen LogP) is -0.182. The van der Waals surface area contributed by atoms with E-state index in [1.807, 2.05) is 6.92 Å². The van der Waals surface area contributed by atoms with Crippen LogP contribution in [0.2, 0.25) is 0 Å². The lowest BCUT2D eigenvalue weighted by molar-refractivity contribution is -0.156. The van der Waals surface area contributed by atoms with Crippen LogP contribution in [0.5, 0.6) is 0 Å². The Kier molecular flexibility index (Phi) is 4.45. The van der Waals surface area contributed by atoms with Crippen molar-refractivity contribution in [1.82, 2.24) is 24.9 Å². The molecule has 0 aromatic carbocycles. The van der Waals surface area contributed by atoms with Crippen LogP contribution in [-0.2, 0) is 16.0 Å². The van der Waals surface area contributed by atoms with Crippen LogP contribution in [0.1, 0.15) is 36.3 Å². The van der Waals surface area contributed by atoms with Crippen molar-refractivity contribution in [1.29, 1.82) is 0 Å². The number of aromatic nitrogens is 3. The second-order valence-electron chi connectivity index (χ2n) is 6.99. The number of carbonyl (C=O) groups excluding carboxylic acids is 2. The van der Waals surface area contributed by atoms with Crippen LogP contribution in [-0.4, -0.2) is 64.8 Å². The molecule has 3 N–H and O–H groups in total. The smallest absolute Gasteiger partial charge is 0.328 e. The van der Waals surface area contributed by atoms with Gasteiger partial charge in [0, 0.05) is 24.0 Å². The van der Waals surface area contributed by atoms with Crippen molar-refractivity contribution < 1.29 is 19.5 Å². The maximum absolute atomic E-state index is 12.4. The normalized spacial score (nSPS) is 26.0. The fraction of sp³-hybridized carbons (Fsp3) is 0.412. The first kappa shape index (κ1) is 19.2. The number of nitrogens with one attached hydrogen (secondary N) is 2. The molecule has 0 aliphatic carbocycles. The van der Waals surface area contributed by atoms with Crippen molar-refractivity contribution in [3.63, 3.8) is 0 Å². The summed E-state index contributed by atoms with van der Waals surface area (Å²) in [6.45, 7) is 3.56. The Bertz CT molecular complexity index is 1120. The number of H-pyrrole nitrogens is 1. The van der Waals surface area contributed by atoms with Crippen molar-refractivity contribution in [2.45, 2.75) is 42.9 Å². The summed E-state index contributed by atoms with van der Waals surface area (Å²) in [5, 5.41) is 16.0. The Labute approximate surface area is 168 Å². The van der Waals surface area contributed by atoms with Crippen molar-refractivity contribution >= 4 is 41.4 Å². The molecule has 0 radical (unpaired) electrons. The minimum atomic E-state index is -1.13. The van der Waals surface area contributed by atoms with Crippen LogP contribution in [0.15, 0.2) is 22.2 Å². The minimum absolute atomic E-state index is 0.0977. The van der Waals surface area contributed by atoms with Gasteiger partial charge in [-0.25, -0.2) is 19.7 Å². The van der Waals surface area contributed by atoms with Crippen LogP contribution in [0, 0.1) is 0 Å². The van der Waals surface area contributed by atoms with Gasteiger partial charge in [0.25, 0.3) is 11.5 Å². The molecule has 2 aromatic rings. The number of β-lactam (4-membered cyclic amide) rings is 1. The highest BCUT2D eigenvalue weighted by Crippen LogP contribution is 2.50. The van der Waals surface area contributed by atoms with Gasteiger partial charge in [0.2, 0.25) is 5.91 Å². The van der Waals surface area contributed by atoms with Crippen molar-refractivity contribution in [3.8, 4) is 0 Å². The van der Waals surface area contributed by atoms with E-state index in [9.17, 15) is 24.3 Å². The third-order valence-electron chi connectivity index (χ3n) is 5.07. The number of carboxylic acid groups (broad SMARTS) is 1. The molecule has 29 heavy (non-hydrogen) atoms. The van der Waals surface area contributed by atoms with Gasteiger partial charge in [0.1, 0.15) is 11.7 Å². The molecule has 12 heteroatoms. The number of carboxylic acids is 1. The third-order valence-corrected chi connectivity index (χ3v) is 6.57.